The first-order valence-corrected chi connectivity index (χ1v) is 5.94. The van der Waals surface area contributed by atoms with Gasteiger partial charge < -0.3 is 10.4 Å². The first kappa shape index (κ1) is 14.7. The second-order valence-corrected chi connectivity index (χ2v) is 5.26. The molecule has 0 spiro atoms. The molecule has 0 heterocycles. The fourth-order valence-electron chi connectivity index (χ4n) is 1.35. The van der Waals surface area contributed by atoms with Crippen LogP contribution in [-0.2, 0) is 0 Å². The van der Waals surface area contributed by atoms with Crippen LogP contribution in [0, 0.1) is 5.41 Å². The first-order valence-electron chi connectivity index (χ1n) is 5.94. The molecular weight excluding hydrogens is 186 g/mol. The van der Waals surface area contributed by atoms with E-state index in [0.717, 1.165) is 19.3 Å². The van der Waals surface area contributed by atoms with Gasteiger partial charge in [-0.15, -0.1) is 6.58 Å². The maximum atomic E-state index is 9.87. The minimum absolute atomic E-state index is 0.0380. The summed E-state index contributed by atoms with van der Waals surface area (Å²) in [4.78, 5) is 0. The van der Waals surface area contributed by atoms with Crippen LogP contribution in [0.15, 0.2) is 12.7 Å². The lowest BCUT2D eigenvalue weighted by molar-refractivity contribution is 0.0600. The molecule has 0 aliphatic rings. The van der Waals surface area contributed by atoms with Gasteiger partial charge in [0, 0.05) is 12.6 Å². The normalized spacial score (nSPS) is 16.1. The number of hydrogen-bond donors (Lipinski definition) is 2. The summed E-state index contributed by atoms with van der Waals surface area (Å²) in [5, 5.41) is 13.3. The maximum absolute atomic E-state index is 9.87. The van der Waals surface area contributed by atoms with Crippen molar-refractivity contribution in [2.45, 2.75) is 59.1 Å². The van der Waals surface area contributed by atoms with Crippen molar-refractivity contribution >= 4 is 0 Å². The zero-order chi connectivity index (χ0) is 11.9. The second-order valence-electron chi connectivity index (χ2n) is 5.26. The molecule has 0 fully saturated rings. The van der Waals surface area contributed by atoms with Gasteiger partial charge in [0.05, 0.1) is 6.10 Å². The predicted octanol–water partition coefficient (Wildman–Crippen LogP) is 2.73. The van der Waals surface area contributed by atoms with Crippen molar-refractivity contribution in [3.8, 4) is 0 Å². The highest BCUT2D eigenvalue weighted by atomic mass is 16.3. The molecule has 0 bridgehead atoms. The predicted molar refractivity (Wildman–Crippen MR) is 67.0 cm³/mol. The van der Waals surface area contributed by atoms with E-state index in [0.29, 0.717) is 12.6 Å². The van der Waals surface area contributed by atoms with Crippen molar-refractivity contribution in [1.82, 2.24) is 5.32 Å². The van der Waals surface area contributed by atoms with E-state index in [-0.39, 0.29) is 11.5 Å². The number of aliphatic hydroxyl groups excluding tert-OH is 1. The summed E-state index contributed by atoms with van der Waals surface area (Å²) in [6.07, 6.45) is 4.92. The Morgan fingerprint density at radius 3 is 2.40 bits per heavy atom. The molecule has 0 aromatic rings. The Bertz CT molecular complexity index is 172. The third-order valence-electron chi connectivity index (χ3n) is 2.81. The summed E-state index contributed by atoms with van der Waals surface area (Å²) in [7, 11) is 0. The van der Waals surface area contributed by atoms with Crippen LogP contribution in [0.3, 0.4) is 0 Å². The Labute approximate surface area is 94.8 Å². The lowest BCUT2D eigenvalue weighted by atomic mass is 9.89. The molecule has 2 nitrogen and oxygen atoms in total. The maximum Gasteiger partial charge on any atom is 0.0712 e. The molecule has 0 aromatic carbocycles. The Kier molecular flexibility index (Phi) is 6.86. The molecule has 90 valence electrons. The third kappa shape index (κ3) is 6.69. The van der Waals surface area contributed by atoms with E-state index in [1.807, 2.05) is 6.08 Å². The van der Waals surface area contributed by atoms with E-state index in [4.69, 9.17) is 0 Å². The van der Waals surface area contributed by atoms with Crippen molar-refractivity contribution in [2.24, 2.45) is 5.41 Å². The highest BCUT2D eigenvalue weighted by Crippen LogP contribution is 2.18. The Hall–Kier alpha value is -0.340. The molecule has 0 saturated heterocycles. The number of aliphatic hydroxyl groups is 1. The number of allylic oxidation sites excluding steroid dienone is 1. The molecule has 0 saturated carbocycles. The van der Waals surface area contributed by atoms with Crippen molar-refractivity contribution < 1.29 is 5.11 Å². The number of hydrogen-bond acceptors (Lipinski definition) is 2. The van der Waals surface area contributed by atoms with E-state index in [1.54, 1.807) is 0 Å². The van der Waals surface area contributed by atoms with Crippen molar-refractivity contribution in [2.75, 3.05) is 6.54 Å². The van der Waals surface area contributed by atoms with Gasteiger partial charge in [-0.3, -0.25) is 0 Å². The molecule has 2 heteroatoms. The molecule has 0 radical (unpaired) electrons. The highest BCUT2D eigenvalue weighted by Gasteiger charge is 2.22. The minimum atomic E-state index is -0.282. The van der Waals surface area contributed by atoms with Crippen LogP contribution >= 0.6 is 0 Å². The van der Waals surface area contributed by atoms with Gasteiger partial charge in [-0.2, -0.15) is 0 Å². The average molecular weight is 213 g/mol. The second kappa shape index (κ2) is 7.02. The van der Waals surface area contributed by atoms with Gasteiger partial charge in [0.15, 0.2) is 0 Å². The summed E-state index contributed by atoms with van der Waals surface area (Å²) in [5.74, 6) is 0. The first-order chi connectivity index (χ1) is 6.91. The van der Waals surface area contributed by atoms with Crippen molar-refractivity contribution in [1.29, 1.82) is 0 Å². The van der Waals surface area contributed by atoms with Gasteiger partial charge in [-0.05, 0) is 24.7 Å². The molecule has 0 amide bonds. The Balaban J connectivity index is 3.84. The fraction of sp³-hybridized carbons (Fsp3) is 0.846. The lowest BCUT2D eigenvalue weighted by Crippen LogP contribution is -2.40. The molecule has 2 atom stereocenters. The standard InChI is InChI=1S/C13H27NO/c1-6-8-9-11(7-2)14-10-12(15)13(3,4)5/h6,11-12,14-15H,1,7-10H2,2-5H3. The van der Waals surface area contributed by atoms with Gasteiger partial charge in [0.2, 0.25) is 0 Å². The number of rotatable bonds is 7. The zero-order valence-electron chi connectivity index (χ0n) is 10.7. The topological polar surface area (TPSA) is 32.3 Å². The van der Waals surface area contributed by atoms with E-state index < -0.39 is 0 Å². The van der Waals surface area contributed by atoms with Crippen molar-refractivity contribution in [3.05, 3.63) is 12.7 Å². The van der Waals surface area contributed by atoms with Crippen LogP contribution < -0.4 is 5.32 Å². The molecule has 2 unspecified atom stereocenters. The third-order valence-corrected chi connectivity index (χ3v) is 2.81. The molecule has 15 heavy (non-hydrogen) atoms. The Morgan fingerprint density at radius 1 is 1.40 bits per heavy atom. The van der Waals surface area contributed by atoms with Crippen molar-refractivity contribution in [3.63, 3.8) is 0 Å². The molecule has 0 aliphatic carbocycles. The molecular formula is C13H27NO. The molecule has 0 aliphatic heterocycles. The van der Waals surface area contributed by atoms with Crippen LogP contribution in [0.2, 0.25) is 0 Å². The summed E-state index contributed by atoms with van der Waals surface area (Å²) in [6.45, 7) is 12.8. The van der Waals surface area contributed by atoms with E-state index in [1.165, 1.54) is 0 Å². The average Bonchev–Trinajstić information content (AvgIpc) is 2.16. The largest absolute Gasteiger partial charge is 0.391 e. The van der Waals surface area contributed by atoms with Crippen LogP contribution in [-0.4, -0.2) is 23.8 Å². The summed E-state index contributed by atoms with van der Waals surface area (Å²) in [5.41, 5.74) is -0.0380. The van der Waals surface area contributed by atoms with Crippen LogP contribution in [0.4, 0.5) is 0 Å². The smallest absolute Gasteiger partial charge is 0.0712 e. The van der Waals surface area contributed by atoms with E-state index in [2.05, 4.69) is 39.6 Å². The monoisotopic (exact) mass is 213 g/mol. The Morgan fingerprint density at radius 2 is 2.00 bits per heavy atom. The molecule has 2 N–H and O–H groups in total. The van der Waals surface area contributed by atoms with Gasteiger partial charge in [0.25, 0.3) is 0 Å². The minimum Gasteiger partial charge on any atom is -0.391 e. The highest BCUT2D eigenvalue weighted by molar-refractivity contribution is 4.78. The van der Waals surface area contributed by atoms with Gasteiger partial charge in [0.1, 0.15) is 0 Å². The zero-order valence-corrected chi connectivity index (χ0v) is 10.7. The SMILES string of the molecule is C=CCCC(CC)NCC(O)C(C)(C)C. The van der Waals surface area contributed by atoms with Gasteiger partial charge >= 0.3 is 0 Å². The van der Waals surface area contributed by atoms with E-state index >= 15 is 0 Å². The molecule has 0 aromatic heterocycles. The fourth-order valence-corrected chi connectivity index (χ4v) is 1.35. The summed E-state index contributed by atoms with van der Waals surface area (Å²) in [6, 6.07) is 0.500. The van der Waals surface area contributed by atoms with Gasteiger partial charge in [-0.1, -0.05) is 33.8 Å². The van der Waals surface area contributed by atoms with Gasteiger partial charge in [-0.25, -0.2) is 0 Å². The summed E-state index contributed by atoms with van der Waals surface area (Å²) < 4.78 is 0. The van der Waals surface area contributed by atoms with Crippen LogP contribution in [0.25, 0.3) is 0 Å². The number of nitrogens with one attached hydrogen (secondary N) is 1. The van der Waals surface area contributed by atoms with Crippen LogP contribution in [0.1, 0.15) is 47.0 Å². The lowest BCUT2D eigenvalue weighted by Gasteiger charge is -2.28. The van der Waals surface area contributed by atoms with E-state index in [9.17, 15) is 5.11 Å². The molecule has 0 rings (SSSR count). The quantitative estimate of drug-likeness (QED) is 0.637. The van der Waals surface area contributed by atoms with Crippen LogP contribution in [0.5, 0.6) is 0 Å². The summed E-state index contributed by atoms with van der Waals surface area (Å²) >= 11 is 0.